The van der Waals surface area contributed by atoms with E-state index in [1.54, 1.807) is 19.1 Å². The smallest absolute Gasteiger partial charge is 0.268 e. The highest BCUT2D eigenvalue weighted by atomic mass is 16.5. The fourth-order valence-corrected chi connectivity index (χ4v) is 2.13. The Balaban J connectivity index is 2.15. The number of hydrogen-bond donors (Lipinski definition) is 1. The molecule has 2 atom stereocenters. The molecule has 114 valence electrons. The number of para-hydroxylation sites is 2. The first-order valence-corrected chi connectivity index (χ1v) is 7.26. The van der Waals surface area contributed by atoms with Crippen LogP contribution in [-0.4, -0.2) is 30.5 Å². The molecular formula is C16H22N2O3. The molecule has 0 aliphatic carbocycles. The normalized spacial score (nSPS) is 19.0. The number of benzene rings is 1. The molecule has 0 unspecified atom stereocenters. The molecule has 2 amide bonds. The first-order valence-electron chi connectivity index (χ1n) is 7.26. The minimum absolute atomic E-state index is 0.0145. The van der Waals surface area contributed by atoms with E-state index in [0.29, 0.717) is 17.4 Å². The summed E-state index contributed by atoms with van der Waals surface area (Å²) in [4.78, 5) is 25.9. The van der Waals surface area contributed by atoms with Crippen molar-refractivity contribution in [3.63, 3.8) is 0 Å². The molecule has 5 heteroatoms. The van der Waals surface area contributed by atoms with Gasteiger partial charge in [-0.15, -0.1) is 0 Å². The lowest BCUT2D eigenvalue weighted by Crippen LogP contribution is -2.50. The van der Waals surface area contributed by atoms with Crippen LogP contribution in [0.1, 0.15) is 27.7 Å². The highest BCUT2D eigenvalue weighted by Crippen LogP contribution is 2.33. The fourth-order valence-electron chi connectivity index (χ4n) is 2.13. The molecule has 1 aliphatic rings. The molecule has 5 nitrogen and oxygen atoms in total. The molecular weight excluding hydrogens is 268 g/mol. The van der Waals surface area contributed by atoms with E-state index in [0.717, 1.165) is 0 Å². The number of rotatable bonds is 4. The third-order valence-electron chi connectivity index (χ3n) is 3.76. The van der Waals surface area contributed by atoms with Crippen LogP contribution in [0.15, 0.2) is 24.3 Å². The van der Waals surface area contributed by atoms with Gasteiger partial charge in [0.15, 0.2) is 6.10 Å². The molecule has 0 aromatic heterocycles. The van der Waals surface area contributed by atoms with E-state index in [-0.39, 0.29) is 24.4 Å². The summed E-state index contributed by atoms with van der Waals surface area (Å²) in [5.74, 6) is 0.629. The summed E-state index contributed by atoms with van der Waals surface area (Å²) in [6.07, 6.45) is -0.574. The highest BCUT2D eigenvalue weighted by molar-refractivity contribution is 6.03. The monoisotopic (exact) mass is 290 g/mol. The quantitative estimate of drug-likeness (QED) is 0.922. The van der Waals surface area contributed by atoms with Gasteiger partial charge in [-0.1, -0.05) is 26.0 Å². The molecule has 1 aromatic carbocycles. The Morgan fingerprint density at radius 3 is 2.67 bits per heavy atom. The van der Waals surface area contributed by atoms with Gasteiger partial charge >= 0.3 is 0 Å². The summed E-state index contributed by atoms with van der Waals surface area (Å²) >= 11 is 0. The number of hydrogen-bond acceptors (Lipinski definition) is 3. The van der Waals surface area contributed by atoms with E-state index >= 15 is 0 Å². The summed E-state index contributed by atoms with van der Waals surface area (Å²) in [5, 5.41) is 2.92. The Hall–Kier alpha value is -2.04. The molecule has 1 aliphatic heterocycles. The van der Waals surface area contributed by atoms with E-state index in [2.05, 4.69) is 5.32 Å². The van der Waals surface area contributed by atoms with Crippen LogP contribution < -0.4 is 15.0 Å². The standard InChI is InChI=1S/C16H22N2O3/c1-10(2)11(3)17-15(19)9-18-13-7-5-6-8-14(13)21-12(4)16(18)20/h5-8,10-12H,9H2,1-4H3,(H,17,19)/t11-,12-/m0/s1. The van der Waals surface area contributed by atoms with Gasteiger partial charge in [0.25, 0.3) is 5.91 Å². The maximum Gasteiger partial charge on any atom is 0.268 e. The largest absolute Gasteiger partial charge is 0.479 e. The number of nitrogens with zero attached hydrogens (tertiary/aromatic N) is 1. The van der Waals surface area contributed by atoms with Crippen molar-refractivity contribution in [2.24, 2.45) is 5.92 Å². The van der Waals surface area contributed by atoms with Crippen LogP contribution in [0.4, 0.5) is 5.69 Å². The minimum atomic E-state index is -0.574. The number of amides is 2. The van der Waals surface area contributed by atoms with E-state index in [1.807, 2.05) is 32.9 Å². The van der Waals surface area contributed by atoms with Crippen molar-refractivity contribution < 1.29 is 14.3 Å². The molecule has 2 rings (SSSR count). The van der Waals surface area contributed by atoms with Crippen molar-refractivity contribution >= 4 is 17.5 Å². The molecule has 0 radical (unpaired) electrons. The maximum absolute atomic E-state index is 12.3. The van der Waals surface area contributed by atoms with Crippen LogP contribution in [0.2, 0.25) is 0 Å². The second-order valence-electron chi connectivity index (χ2n) is 5.75. The van der Waals surface area contributed by atoms with Crippen molar-refractivity contribution in [1.29, 1.82) is 0 Å². The third kappa shape index (κ3) is 3.35. The average molecular weight is 290 g/mol. The van der Waals surface area contributed by atoms with Gasteiger partial charge in [-0.3, -0.25) is 14.5 Å². The summed E-state index contributed by atoms with van der Waals surface area (Å²) in [7, 11) is 0. The third-order valence-corrected chi connectivity index (χ3v) is 3.76. The van der Waals surface area contributed by atoms with Crippen molar-refractivity contribution in [2.75, 3.05) is 11.4 Å². The number of anilines is 1. The van der Waals surface area contributed by atoms with Gasteiger partial charge in [0.05, 0.1) is 5.69 Å². The van der Waals surface area contributed by atoms with E-state index in [4.69, 9.17) is 4.74 Å². The molecule has 21 heavy (non-hydrogen) atoms. The van der Waals surface area contributed by atoms with Crippen LogP contribution in [0.3, 0.4) is 0 Å². The van der Waals surface area contributed by atoms with Crippen LogP contribution in [0.5, 0.6) is 5.75 Å². The lowest BCUT2D eigenvalue weighted by molar-refractivity contribution is -0.128. The molecule has 0 fully saturated rings. The number of nitrogens with one attached hydrogen (secondary N) is 1. The first kappa shape index (κ1) is 15.4. The highest BCUT2D eigenvalue weighted by Gasteiger charge is 2.32. The van der Waals surface area contributed by atoms with Crippen molar-refractivity contribution in [2.45, 2.75) is 39.8 Å². The van der Waals surface area contributed by atoms with Crippen LogP contribution in [0.25, 0.3) is 0 Å². The van der Waals surface area contributed by atoms with Gasteiger partial charge in [0.1, 0.15) is 12.3 Å². The number of carbonyl (C=O) groups is 2. The Morgan fingerprint density at radius 2 is 2.00 bits per heavy atom. The summed E-state index contributed by atoms with van der Waals surface area (Å²) in [6, 6.07) is 7.34. The van der Waals surface area contributed by atoms with Gasteiger partial charge in [0.2, 0.25) is 5.91 Å². The zero-order valence-electron chi connectivity index (χ0n) is 12.9. The Kier molecular flexibility index (Phi) is 4.50. The second-order valence-corrected chi connectivity index (χ2v) is 5.75. The lowest BCUT2D eigenvalue weighted by atomic mass is 10.1. The second kappa shape index (κ2) is 6.16. The van der Waals surface area contributed by atoms with Gasteiger partial charge in [-0.25, -0.2) is 0 Å². The Labute approximate surface area is 125 Å². The average Bonchev–Trinajstić information content (AvgIpc) is 2.43. The van der Waals surface area contributed by atoms with Crippen molar-refractivity contribution in [1.82, 2.24) is 5.32 Å². The summed E-state index contributed by atoms with van der Waals surface area (Å²) in [5.41, 5.74) is 0.646. The Bertz CT molecular complexity index is 542. The molecule has 1 aromatic rings. The van der Waals surface area contributed by atoms with Crippen molar-refractivity contribution in [3.05, 3.63) is 24.3 Å². The van der Waals surface area contributed by atoms with Gasteiger partial charge in [0, 0.05) is 6.04 Å². The van der Waals surface area contributed by atoms with E-state index in [1.165, 1.54) is 4.90 Å². The first-order chi connectivity index (χ1) is 9.90. The van der Waals surface area contributed by atoms with Crippen LogP contribution in [0, 0.1) is 5.92 Å². The zero-order valence-corrected chi connectivity index (χ0v) is 12.9. The fraction of sp³-hybridized carbons (Fsp3) is 0.500. The predicted molar refractivity (Wildman–Crippen MR) is 81.3 cm³/mol. The van der Waals surface area contributed by atoms with E-state index in [9.17, 15) is 9.59 Å². The summed E-state index contributed by atoms with van der Waals surface area (Å²) in [6.45, 7) is 7.76. The van der Waals surface area contributed by atoms with Gasteiger partial charge < -0.3 is 10.1 Å². The van der Waals surface area contributed by atoms with Gasteiger partial charge in [-0.05, 0) is 31.9 Å². The molecule has 0 saturated heterocycles. The zero-order chi connectivity index (χ0) is 15.6. The predicted octanol–water partition coefficient (Wildman–Crippen LogP) is 1.96. The number of carbonyl (C=O) groups excluding carboxylic acids is 2. The summed E-state index contributed by atoms with van der Waals surface area (Å²) < 4.78 is 5.55. The molecule has 0 saturated carbocycles. The SMILES string of the molecule is CC(C)[C@H](C)NC(=O)CN1C(=O)[C@H](C)Oc2ccccc21. The topological polar surface area (TPSA) is 58.6 Å². The molecule has 0 bridgehead atoms. The van der Waals surface area contributed by atoms with Crippen molar-refractivity contribution in [3.8, 4) is 5.75 Å². The Morgan fingerprint density at radius 1 is 1.33 bits per heavy atom. The molecule has 0 spiro atoms. The number of ether oxygens (including phenoxy) is 1. The molecule has 1 N–H and O–H groups in total. The number of fused-ring (bicyclic) bond motifs is 1. The maximum atomic E-state index is 12.3. The van der Waals surface area contributed by atoms with E-state index < -0.39 is 6.10 Å². The minimum Gasteiger partial charge on any atom is -0.479 e. The lowest BCUT2D eigenvalue weighted by Gasteiger charge is -2.32. The van der Waals surface area contributed by atoms with Crippen LogP contribution in [-0.2, 0) is 9.59 Å². The molecule has 1 heterocycles. The van der Waals surface area contributed by atoms with Crippen LogP contribution >= 0.6 is 0 Å². The van der Waals surface area contributed by atoms with Gasteiger partial charge in [-0.2, -0.15) is 0 Å².